The van der Waals surface area contributed by atoms with Gasteiger partial charge in [-0.2, -0.15) is 0 Å². The van der Waals surface area contributed by atoms with Crippen molar-refractivity contribution in [3.63, 3.8) is 0 Å². The van der Waals surface area contributed by atoms with Gasteiger partial charge < -0.3 is 15.2 Å². The third kappa shape index (κ3) is 4.05. The van der Waals surface area contributed by atoms with Crippen LogP contribution in [-0.2, 0) is 11.3 Å². The summed E-state index contributed by atoms with van der Waals surface area (Å²) < 4.78 is 25.0. The van der Waals surface area contributed by atoms with Gasteiger partial charge in [-0.1, -0.05) is 17.7 Å². The molecule has 0 fully saturated rings. The Balaban J connectivity index is 1.98. The first kappa shape index (κ1) is 19.5. The van der Waals surface area contributed by atoms with Gasteiger partial charge in [-0.05, 0) is 39.5 Å². The lowest BCUT2D eigenvalue weighted by Crippen LogP contribution is -2.12. The van der Waals surface area contributed by atoms with Crippen LogP contribution in [-0.4, -0.2) is 23.0 Å². The molecule has 2 N–H and O–H groups in total. The Morgan fingerprint density at radius 2 is 2.15 bits per heavy atom. The van der Waals surface area contributed by atoms with Crippen LogP contribution >= 0.6 is 38.9 Å². The highest BCUT2D eigenvalue weighted by molar-refractivity contribution is 9.10. The molecule has 1 aromatic carbocycles. The fraction of sp³-hybridized carbons (Fsp3) is 0.118. The van der Waals surface area contributed by atoms with Crippen LogP contribution in [0.1, 0.15) is 15.4 Å². The van der Waals surface area contributed by atoms with E-state index in [1.165, 1.54) is 30.6 Å². The largest absolute Gasteiger partial charge is 0.492 e. The minimum atomic E-state index is -0.760. The molecule has 0 aliphatic carbocycles. The number of nitrogens with two attached hydrogens (primary N) is 1. The van der Waals surface area contributed by atoms with E-state index in [4.69, 9.17) is 26.8 Å². The molecule has 0 saturated heterocycles. The molecular weight excluding hydrogens is 461 g/mol. The zero-order valence-corrected chi connectivity index (χ0v) is 17.0. The van der Waals surface area contributed by atoms with E-state index in [2.05, 4.69) is 25.9 Å². The smallest absolute Gasteiger partial charge is 0.358 e. The van der Waals surface area contributed by atoms with E-state index < -0.39 is 11.8 Å². The monoisotopic (exact) mass is 471 g/mol. The number of hydrogen-bond donors (Lipinski definition) is 1. The number of nitrogen functional groups attached to an aromatic ring is 1. The Morgan fingerprint density at radius 3 is 2.81 bits per heavy atom. The number of ether oxygens (including phenoxy) is 2. The lowest BCUT2D eigenvalue weighted by Gasteiger charge is -2.11. The van der Waals surface area contributed by atoms with Crippen molar-refractivity contribution in [2.75, 3.05) is 12.8 Å². The Hall–Kier alpha value is -2.23. The van der Waals surface area contributed by atoms with Crippen molar-refractivity contribution >= 4 is 50.7 Å². The van der Waals surface area contributed by atoms with Gasteiger partial charge in [0, 0.05) is 4.88 Å². The van der Waals surface area contributed by atoms with Crippen molar-refractivity contribution in [3.8, 4) is 17.1 Å². The van der Waals surface area contributed by atoms with Gasteiger partial charge in [0.15, 0.2) is 23.1 Å². The van der Waals surface area contributed by atoms with E-state index in [0.29, 0.717) is 0 Å². The maximum Gasteiger partial charge on any atom is 0.358 e. The number of hydrogen-bond acceptors (Lipinski definition) is 7. The van der Waals surface area contributed by atoms with Gasteiger partial charge in [-0.25, -0.2) is 19.2 Å². The average Bonchev–Trinajstić information content (AvgIpc) is 3.16. The second kappa shape index (κ2) is 8.20. The molecule has 2 heterocycles. The maximum absolute atomic E-state index is 14.7. The van der Waals surface area contributed by atoms with E-state index in [0.717, 1.165) is 4.88 Å². The molecule has 10 heteroatoms. The number of halogens is 3. The van der Waals surface area contributed by atoms with E-state index in [1.54, 1.807) is 0 Å². The second-order valence-corrected chi connectivity index (χ2v) is 7.43. The molecule has 6 nitrogen and oxygen atoms in total. The zero-order valence-electron chi connectivity index (χ0n) is 13.8. The number of benzene rings is 1. The first-order valence-corrected chi connectivity index (χ1v) is 9.52. The summed E-state index contributed by atoms with van der Waals surface area (Å²) in [6.07, 6.45) is 0. The van der Waals surface area contributed by atoms with Crippen LogP contribution in [0.3, 0.4) is 0 Å². The summed E-state index contributed by atoms with van der Waals surface area (Å²) in [5, 5.41) is 1.97. The maximum atomic E-state index is 14.7. The van der Waals surface area contributed by atoms with Crippen molar-refractivity contribution < 1.29 is 18.7 Å². The van der Waals surface area contributed by atoms with Crippen LogP contribution in [0.25, 0.3) is 11.4 Å². The number of methoxy groups -OCH3 is 1. The third-order valence-electron chi connectivity index (χ3n) is 3.49. The van der Waals surface area contributed by atoms with Gasteiger partial charge in [0.25, 0.3) is 0 Å². The molecule has 2 aromatic heterocycles. The Morgan fingerprint density at radius 1 is 1.37 bits per heavy atom. The number of carbonyl (C=O) groups excluding carboxylic acids is 1. The number of aromatic nitrogens is 2. The van der Waals surface area contributed by atoms with Crippen molar-refractivity contribution in [1.82, 2.24) is 9.97 Å². The van der Waals surface area contributed by atoms with E-state index in [9.17, 15) is 9.18 Å². The highest BCUT2D eigenvalue weighted by Crippen LogP contribution is 2.35. The molecule has 140 valence electrons. The van der Waals surface area contributed by atoms with Gasteiger partial charge in [-0.15, -0.1) is 11.3 Å². The summed E-state index contributed by atoms with van der Waals surface area (Å²) in [4.78, 5) is 21.5. The van der Waals surface area contributed by atoms with Crippen molar-refractivity contribution in [2.45, 2.75) is 6.61 Å². The minimum absolute atomic E-state index is 0.0113. The number of nitrogens with zero attached hydrogens (tertiary/aromatic N) is 2. The lowest BCUT2D eigenvalue weighted by atomic mass is 10.1. The molecule has 0 unspecified atom stereocenters. The second-order valence-electron chi connectivity index (χ2n) is 5.19. The highest BCUT2D eigenvalue weighted by Gasteiger charge is 2.22. The average molecular weight is 473 g/mol. The van der Waals surface area contributed by atoms with Gasteiger partial charge in [0.1, 0.15) is 12.4 Å². The summed E-state index contributed by atoms with van der Waals surface area (Å²) in [6.45, 7) is 0.0886. The van der Waals surface area contributed by atoms with E-state index in [1.807, 2.05) is 17.5 Å². The van der Waals surface area contributed by atoms with Crippen LogP contribution in [0.15, 0.2) is 34.1 Å². The first-order valence-electron chi connectivity index (χ1n) is 7.47. The Bertz CT molecular complexity index is 1000. The summed E-state index contributed by atoms with van der Waals surface area (Å²) in [7, 11) is 1.29. The Labute approximate surface area is 171 Å². The molecule has 3 aromatic rings. The number of carbonyl (C=O) groups is 1. The number of anilines is 1. The summed E-state index contributed by atoms with van der Waals surface area (Å²) >= 11 is 10.5. The van der Waals surface area contributed by atoms with Gasteiger partial charge in [0.05, 0.1) is 22.2 Å². The first-order chi connectivity index (χ1) is 12.9. The van der Waals surface area contributed by atoms with Gasteiger partial charge >= 0.3 is 5.97 Å². The summed E-state index contributed by atoms with van der Waals surface area (Å²) in [6, 6.07) is 6.50. The molecule has 0 aliphatic heterocycles. The number of rotatable bonds is 5. The lowest BCUT2D eigenvalue weighted by molar-refractivity contribution is 0.0468. The minimum Gasteiger partial charge on any atom is -0.492 e. The van der Waals surface area contributed by atoms with Crippen molar-refractivity contribution in [1.29, 1.82) is 0 Å². The molecule has 0 spiro atoms. The fourth-order valence-corrected chi connectivity index (χ4v) is 3.39. The SMILES string of the molecule is COc1c(Cl)ccc(-c2nc(N)c(Br)c(C(=O)OCc3cccs3)n2)c1F. The fourth-order valence-electron chi connectivity index (χ4n) is 2.21. The van der Waals surface area contributed by atoms with E-state index >= 15 is 0 Å². The van der Waals surface area contributed by atoms with Crippen LogP contribution < -0.4 is 10.5 Å². The van der Waals surface area contributed by atoms with Crippen LogP contribution in [0.4, 0.5) is 10.2 Å². The predicted molar refractivity (Wildman–Crippen MR) is 105 cm³/mol. The summed E-state index contributed by atoms with van der Waals surface area (Å²) in [5.41, 5.74) is 5.73. The normalized spacial score (nSPS) is 10.7. The van der Waals surface area contributed by atoms with Gasteiger partial charge in [-0.3, -0.25) is 0 Å². The Kier molecular flexibility index (Phi) is 5.93. The molecular formula is C17H12BrClFN3O3S. The quantitative estimate of drug-likeness (QED) is 0.541. The summed E-state index contributed by atoms with van der Waals surface area (Å²) in [5.74, 6) is -1.75. The van der Waals surface area contributed by atoms with Crippen LogP contribution in [0.2, 0.25) is 5.02 Å². The highest BCUT2D eigenvalue weighted by atomic mass is 79.9. The molecule has 0 bridgehead atoms. The number of esters is 1. The topological polar surface area (TPSA) is 87.3 Å². The van der Waals surface area contributed by atoms with Crippen molar-refractivity contribution in [2.24, 2.45) is 0 Å². The van der Waals surface area contributed by atoms with Crippen molar-refractivity contribution in [3.05, 3.63) is 55.5 Å². The van der Waals surface area contributed by atoms with Crippen LogP contribution in [0, 0.1) is 5.82 Å². The standard InChI is InChI=1S/C17H12BrClFN3O3S/c1-25-14-10(19)5-4-9(12(14)20)16-22-13(11(18)15(21)23-16)17(24)26-7-8-3-2-6-27-8/h2-6H,7H2,1H3,(H2,21,22,23). The zero-order chi connectivity index (χ0) is 19.6. The third-order valence-corrected chi connectivity index (χ3v) is 5.42. The molecule has 27 heavy (non-hydrogen) atoms. The molecule has 0 saturated carbocycles. The van der Waals surface area contributed by atoms with Gasteiger partial charge in [0.2, 0.25) is 0 Å². The molecule has 3 rings (SSSR count). The number of thiophene rings is 1. The van der Waals surface area contributed by atoms with E-state index in [-0.39, 0.29) is 44.8 Å². The molecule has 0 radical (unpaired) electrons. The molecule has 0 atom stereocenters. The van der Waals surface area contributed by atoms with Crippen LogP contribution in [0.5, 0.6) is 5.75 Å². The molecule has 0 amide bonds. The molecule has 0 aliphatic rings. The predicted octanol–water partition coefficient (Wildman–Crippen LogP) is 4.71.